The van der Waals surface area contributed by atoms with Gasteiger partial charge in [-0.1, -0.05) is 11.6 Å². The predicted octanol–water partition coefficient (Wildman–Crippen LogP) is 3.89. The highest BCUT2D eigenvalue weighted by molar-refractivity contribution is 9.10. The first kappa shape index (κ1) is 13.0. The molecule has 18 heavy (non-hydrogen) atoms. The zero-order valence-electron chi connectivity index (χ0n) is 8.95. The minimum absolute atomic E-state index is 0.0193. The summed E-state index contributed by atoms with van der Waals surface area (Å²) >= 11 is 8.75. The van der Waals surface area contributed by atoms with Crippen LogP contribution in [0.1, 0.15) is 10.4 Å². The lowest BCUT2D eigenvalue weighted by atomic mass is 10.2. The van der Waals surface area contributed by atoms with E-state index in [-0.39, 0.29) is 10.6 Å². The van der Waals surface area contributed by atoms with Crippen LogP contribution < -0.4 is 5.32 Å². The molecule has 0 saturated carbocycles. The number of halogens is 3. The molecule has 3 nitrogen and oxygen atoms in total. The molecule has 0 atom stereocenters. The molecule has 0 radical (unpaired) electrons. The van der Waals surface area contributed by atoms with Crippen molar-refractivity contribution in [2.75, 3.05) is 5.32 Å². The molecule has 2 rings (SSSR count). The Balaban J connectivity index is 2.22. The fourth-order valence-electron chi connectivity index (χ4n) is 1.31. The molecule has 6 heteroatoms. The van der Waals surface area contributed by atoms with Gasteiger partial charge in [0.1, 0.15) is 10.4 Å². The first-order chi connectivity index (χ1) is 8.58. The maximum Gasteiger partial charge on any atom is 0.255 e. The van der Waals surface area contributed by atoms with E-state index in [1.807, 2.05) is 0 Å². The van der Waals surface area contributed by atoms with Crippen LogP contribution >= 0.6 is 27.5 Å². The largest absolute Gasteiger partial charge is 0.320 e. The standard InChI is InChI=1S/C12H7BrClFN2O/c13-11-10(2-1-5-16-11)17-12(18)7-3-4-8(14)9(15)6-7/h1-6H,(H,17,18). The molecule has 0 aliphatic carbocycles. The quantitative estimate of drug-likeness (QED) is 0.849. The average molecular weight is 330 g/mol. The summed E-state index contributed by atoms with van der Waals surface area (Å²) in [5, 5.41) is 2.60. The van der Waals surface area contributed by atoms with Crippen LogP contribution in [-0.4, -0.2) is 10.9 Å². The summed E-state index contributed by atoms with van der Waals surface area (Å²) in [7, 11) is 0. The van der Waals surface area contributed by atoms with Gasteiger partial charge >= 0.3 is 0 Å². The predicted molar refractivity (Wildman–Crippen MR) is 71.3 cm³/mol. The molecule has 0 unspecified atom stereocenters. The van der Waals surface area contributed by atoms with Crippen LogP contribution in [-0.2, 0) is 0 Å². The maximum absolute atomic E-state index is 13.2. The summed E-state index contributed by atoms with van der Waals surface area (Å²) in [6, 6.07) is 7.24. The second-order valence-electron chi connectivity index (χ2n) is 3.42. The van der Waals surface area contributed by atoms with Crippen molar-refractivity contribution in [1.82, 2.24) is 4.98 Å². The average Bonchev–Trinajstić information content (AvgIpc) is 2.35. The Kier molecular flexibility index (Phi) is 3.93. The summed E-state index contributed by atoms with van der Waals surface area (Å²) in [5.41, 5.74) is 0.700. The van der Waals surface area contributed by atoms with Gasteiger partial charge in [-0.2, -0.15) is 0 Å². The number of hydrogen-bond donors (Lipinski definition) is 1. The molecular weight excluding hydrogens is 322 g/mol. The zero-order valence-corrected chi connectivity index (χ0v) is 11.3. The summed E-state index contributed by atoms with van der Waals surface area (Å²) in [4.78, 5) is 15.8. The zero-order chi connectivity index (χ0) is 13.1. The first-order valence-corrected chi connectivity index (χ1v) is 6.12. The molecule has 2 aromatic rings. The highest BCUT2D eigenvalue weighted by Crippen LogP contribution is 2.20. The van der Waals surface area contributed by atoms with Gasteiger partial charge in [-0.3, -0.25) is 4.79 Å². The molecule has 0 saturated heterocycles. The number of benzene rings is 1. The number of amides is 1. The van der Waals surface area contributed by atoms with Crippen LogP contribution in [0.15, 0.2) is 41.1 Å². The number of aromatic nitrogens is 1. The van der Waals surface area contributed by atoms with Crippen LogP contribution in [0, 0.1) is 5.82 Å². The minimum Gasteiger partial charge on any atom is -0.320 e. The number of carbonyl (C=O) groups is 1. The Morgan fingerprint density at radius 1 is 1.39 bits per heavy atom. The highest BCUT2D eigenvalue weighted by Gasteiger charge is 2.10. The van der Waals surface area contributed by atoms with Crippen LogP contribution in [0.5, 0.6) is 0 Å². The molecule has 0 spiro atoms. The van der Waals surface area contributed by atoms with Crippen molar-refractivity contribution in [1.29, 1.82) is 0 Å². The van der Waals surface area contributed by atoms with Crippen LogP contribution in [0.2, 0.25) is 5.02 Å². The van der Waals surface area contributed by atoms with Gasteiger partial charge in [-0.25, -0.2) is 9.37 Å². The lowest BCUT2D eigenvalue weighted by molar-refractivity contribution is 0.102. The fraction of sp³-hybridized carbons (Fsp3) is 0. The molecule has 0 aliphatic heterocycles. The van der Waals surface area contributed by atoms with Crippen LogP contribution in [0.3, 0.4) is 0 Å². The van der Waals surface area contributed by atoms with Gasteiger partial charge in [0, 0.05) is 11.8 Å². The maximum atomic E-state index is 13.2. The number of carbonyl (C=O) groups excluding carboxylic acids is 1. The second-order valence-corrected chi connectivity index (χ2v) is 4.58. The summed E-state index contributed by atoms with van der Waals surface area (Å²) in [6.45, 7) is 0. The number of hydrogen-bond acceptors (Lipinski definition) is 2. The third kappa shape index (κ3) is 2.86. The van der Waals surface area contributed by atoms with E-state index in [9.17, 15) is 9.18 Å². The normalized spacial score (nSPS) is 10.2. The summed E-state index contributed by atoms with van der Waals surface area (Å²) < 4.78 is 13.7. The molecular formula is C12H7BrClFN2O. The molecule has 0 fully saturated rings. The molecule has 1 heterocycles. The number of pyridine rings is 1. The minimum atomic E-state index is -0.630. The molecule has 92 valence electrons. The lowest BCUT2D eigenvalue weighted by Crippen LogP contribution is -2.12. The van der Waals surface area contributed by atoms with E-state index >= 15 is 0 Å². The van der Waals surface area contributed by atoms with Gasteiger partial charge in [0.15, 0.2) is 0 Å². The Morgan fingerprint density at radius 3 is 2.83 bits per heavy atom. The van der Waals surface area contributed by atoms with Crippen molar-refractivity contribution in [2.45, 2.75) is 0 Å². The highest BCUT2D eigenvalue weighted by atomic mass is 79.9. The van der Waals surface area contributed by atoms with Gasteiger partial charge in [0.2, 0.25) is 0 Å². The van der Waals surface area contributed by atoms with Crippen molar-refractivity contribution in [3.05, 3.63) is 57.5 Å². The van der Waals surface area contributed by atoms with Crippen LogP contribution in [0.4, 0.5) is 10.1 Å². The number of rotatable bonds is 2. The first-order valence-electron chi connectivity index (χ1n) is 4.95. The van der Waals surface area contributed by atoms with E-state index in [1.165, 1.54) is 12.1 Å². The van der Waals surface area contributed by atoms with Gasteiger partial charge in [0.05, 0.1) is 10.7 Å². The molecule has 1 aromatic heterocycles. The Labute approximate surface area is 116 Å². The Bertz CT molecular complexity index is 606. The Hall–Kier alpha value is -1.46. The van der Waals surface area contributed by atoms with Gasteiger partial charge in [-0.05, 0) is 46.3 Å². The van der Waals surface area contributed by atoms with Crippen molar-refractivity contribution < 1.29 is 9.18 Å². The molecule has 1 N–H and O–H groups in total. The fourth-order valence-corrected chi connectivity index (χ4v) is 1.78. The van der Waals surface area contributed by atoms with E-state index in [2.05, 4.69) is 26.2 Å². The van der Waals surface area contributed by atoms with E-state index in [0.717, 1.165) is 6.07 Å². The molecule has 0 bridgehead atoms. The molecule has 1 amide bonds. The van der Waals surface area contributed by atoms with Crippen LogP contribution in [0.25, 0.3) is 0 Å². The molecule has 1 aromatic carbocycles. The molecule has 0 aliphatic rings. The van der Waals surface area contributed by atoms with Crippen molar-refractivity contribution in [2.24, 2.45) is 0 Å². The lowest BCUT2D eigenvalue weighted by Gasteiger charge is -2.06. The van der Waals surface area contributed by atoms with E-state index in [1.54, 1.807) is 18.3 Å². The van der Waals surface area contributed by atoms with Crippen molar-refractivity contribution in [3.63, 3.8) is 0 Å². The summed E-state index contributed by atoms with van der Waals surface area (Å²) in [5.74, 6) is -1.06. The number of nitrogens with one attached hydrogen (secondary N) is 1. The van der Waals surface area contributed by atoms with Gasteiger partial charge < -0.3 is 5.32 Å². The van der Waals surface area contributed by atoms with Gasteiger partial charge in [0.25, 0.3) is 5.91 Å². The topological polar surface area (TPSA) is 42.0 Å². The monoisotopic (exact) mass is 328 g/mol. The van der Waals surface area contributed by atoms with Gasteiger partial charge in [-0.15, -0.1) is 0 Å². The third-order valence-corrected chi connectivity index (χ3v) is 3.13. The van der Waals surface area contributed by atoms with E-state index in [4.69, 9.17) is 11.6 Å². The Morgan fingerprint density at radius 2 is 2.17 bits per heavy atom. The number of anilines is 1. The SMILES string of the molecule is O=C(Nc1cccnc1Br)c1ccc(Cl)c(F)c1. The third-order valence-electron chi connectivity index (χ3n) is 2.19. The summed E-state index contributed by atoms with van der Waals surface area (Å²) in [6.07, 6.45) is 1.59. The van der Waals surface area contributed by atoms with Crippen molar-refractivity contribution in [3.8, 4) is 0 Å². The van der Waals surface area contributed by atoms with Crippen molar-refractivity contribution >= 4 is 39.1 Å². The number of nitrogens with zero attached hydrogens (tertiary/aromatic N) is 1. The van der Waals surface area contributed by atoms with E-state index in [0.29, 0.717) is 10.3 Å². The van der Waals surface area contributed by atoms with E-state index < -0.39 is 11.7 Å². The second kappa shape index (κ2) is 5.46. The smallest absolute Gasteiger partial charge is 0.255 e.